The van der Waals surface area contributed by atoms with E-state index in [1.54, 1.807) is 0 Å². The molecule has 0 amide bonds. The second-order valence-electron chi connectivity index (χ2n) is 2.28. The molecule has 0 aliphatic rings. The molecule has 1 aromatic rings. The molecule has 0 saturated carbocycles. The van der Waals surface area contributed by atoms with Crippen LogP contribution in [0.5, 0.6) is 0 Å². The largest absolute Gasteiger partial charge is 0.266 e. The first kappa shape index (κ1) is 11.3. The first-order chi connectivity index (χ1) is 6.32. The minimum Gasteiger partial charge on any atom is -0.228 e. The second kappa shape index (κ2) is 3.74. The third kappa shape index (κ3) is 2.36. The summed E-state index contributed by atoms with van der Waals surface area (Å²) >= 11 is 0. The van der Waals surface area contributed by atoms with E-state index in [4.69, 9.17) is 10.7 Å². The Balaban J connectivity index is 3.46. The second-order valence-corrected chi connectivity index (χ2v) is 4.82. The first-order valence-electron chi connectivity index (χ1n) is 3.20. The van der Waals surface area contributed by atoms with E-state index in [9.17, 15) is 21.6 Å². The highest BCUT2D eigenvalue weighted by Crippen LogP contribution is 2.28. The van der Waals surface area contributed by atoms with Crippen molar-refractivity contribution < 1.29 is 21.6 Å². The summed E-state index contributed by atoms with van der Waals surface area (Å²) in [6.45, 7) is 0. The van der Waals surface area contributed by atoms with Gasteiger partial charge in [-0.3, -0.25) is 0 Å². The van der Waals surface area contributed by atoms with Crippen molar-refractivity contribution in [2.45, 2.75) is 11.3 Å². The molecule has 0 aliphatic carbocycles. The van der Waals surface area contributed by atoms with Gasteiger partial charge < -0.3 is 0 Å². The Hall–Kier alpha value is -0.820. The average Bonchev–Trinajstić information content (AvgIpc) is 2.01. The van der Waals surface area contributed by atoms with Crippen molar-refractivity contribution in [3.8, 4) is 0 Å². The summed E-state index contributed by atoms with van der Waals surface area (Å²) in [5, 5.41) is 0. The fraction of sp³-hybridized carbons (Fsp3) is 0.167. The molecule has 14 heavy (non-hydrogen) atoms. The molecule has 8 heteroatoms. The fourth-order valence-electron chi connectivity index (χ4n) is 0.799. The Morgan fingerprint density at radius 2 is 2.00 bits per heavy atom. The predicted molar refractivity (Wildman–Crippen MR) is 42.2 cm³/mol. The van der Waals surface area contributed by atoms with Gasteiger partial charge >= 0.3 is 0 Å². The number of alkyl halides is 2. The molecule has 0 bridgehead atoms. The van der Waals surface area contributed by atoms with Crippen LogP contribution in [0, 0.1) is 5.95 Å². The summed E-state index contributed by atoms with van der Waals surface area (Å²) in [4.78, 5) is 1.95. The number of nitrogens with zero attached hydrogens (tertiary/aromatic N) is 1. The van der Waals surface area contributed by atoms with Crippen LogP contribution in [0.2, 0.25) is 0 Å². The topological polar surface area (TPSA) is 47.0 Å². The van der Waals surface area contributed by atoms with Crippen molar-refractivity contribution in [2.24, 2.45) is 0 Å². The highest BCUT2D eigenvalue weighted by molar-refractivity contribution is 8.13. The predicted octanol–water partition coefficient (Wildman–Crippen LogP) is 2.09. The van der Waals surface area contributed by atoms with Gasteiger partial charge in [-0.15, -0.1) is 0 Å². The summed E-state index contributed by atoms with van der Waals surface area (Å²) in [5.41, 5.74) is -0.915. The van der Waals surface area contributed by atoms with Crippen LogP contribution in [0.15, 0.2) is 17.2 Å². The molecule has 1 heterocycles. The molecule has 0 unspecified atom stereocenters. The summed E-state index contributed by atoms with van der Waals surface area (Å²) in [6, 6.07) is 0.351. The van der Waals surface area contributed by atoms with Crippen LogP contribution >= 0.6 is 10.7 Å². The molecule has 1 rings (SSSR count). The summed E-state index contributed by atoms with van der Waals surface area (Å²) < 4.78 is 58.4. The number of hydrogen-bond donors (Lipinski definition) is 0. The molecule has 0 radical (unpaired) electrons. The maximum absolute atomic E-state index is 12.5. The molecular weight excluding hydrogens is 243 g/mol. The standard InChI is InChI=1S/C6H3ClF3NO2S/c7-14(12,13)4-1-5(8)11-2-3(4)6(9)10/h1-2,6H. The number of rotatable bonds is 2. The molecular formula is C6H3ClF3NO2S. The van der Waals surface area contributed by atoms with Crippen LogP contribution in [0.1, 0.15) is 12.0 Å². The third-order valence-electron chi connectivity index (χ3n) is 1.36. The van der Waals surface area contributed by atoms with Gasteiger partial charge in [-0.05, 0) is 0 Å². The summed E-state index contributed by atoms with van der Waals surface area (Å²) in [6.07, 6.45) is -2.64. The Kier molecular flexibility index (Phi) is 3.01. The maximum Gasteiger partial charge on any atom is 0.266 e. The van der Waals surface area contributed by atoms with E-state index in [0.717, 1.165) is 0 Å². The SMILES string of the molecule is O=S(=O)(Cl)c1cc(F)ncc1C(F)F. The van der Waals surface area contributed by atoms with Gasteiger partial charge in [0.2, 0.25) is 5.95 Å². The molecule has 78 valence electrons. The maximum atomic E-state index is 12.5. The van der Waals surface area contributed by atoms with Crippen molar-refractivity contribution in [2.75, 3.05) is 0 Å². The van der Waals surface area contributed by atoms with Gasteiger partial charge in [0.15, 0.2) is 0 Å². The Morgan fingerprint density at radius 1 is 1.43 bits per heavy atom. The van der Waals surface area contributed by atoms with Gasteiger partial charge in [-0.1, -0.05) is 0 Å². The molecule has 0 spiro atoms. The molecule has 0 aliphatic heterocycles. The molecule has 3 nitrogen and oxygen atoms in total. The van der Waals surface area contributed by atoms with Crippen LogP contribution in [0.4, 0.5) is 13.2 Å². The van der Waals surface area contributed by atoms with Gasteiger partial charge in [0.05, 0.1) is 10.5 Å². The minimum absolute atomic E-state index is 0.351. The first-order valence-corrected chi connectivity index (χ1v) is 5.51. The van der Waals surface area contributed by atoms with Crippen LogP contribution in [0.25, 0.3) is 0 Å². The molecule has 0 saturated heterocycles. The van der Waals surface area contributed by atoms with Crippen molar-refractivity contribution in [3.05, 3.63) is 23.8 Å². The van der Waals surface area contributed by atoms with Crippen molar-refractivity contribution in [1.29, 1.82) is 0 Å². The van der Waals surface area contributed by atoms with Crippen molar-refractivity contribution in [1.82, 2.24) is 4.98 Å². The molecule has 0 fully saturated rings. The van der Waals surface area contributed by atoms with E-state index in [0.29, 0.717) is 12.3 Å². The van der Waals surface area contributed by atoms with Gasteiger partial charge in [-0.2, -0.15) is 4.39 Å². The molecule has 0 N–H and O–H groups in total. The molecule has 0 aromatic carbocycles. The highest BCUT2D eigenvalue weighted by Gasteiger charge is 2.22. The van der Waals surface area contributed by atoms with Gasteiger partial charge in [0.25, 0.3) is 15.5 Å². The van der Waals surface area contributed by atoms with Crippen LogP contribution in [-0.2, 0) is 9.05 Å². The zero-order valence-corrected chi connectivity index (χ0v) is 7.99. The van der Waals surface area contributed by atoms with Gasteiger partial charge in [0.1, 0.15) is 0 Å². The van der Waals surface area contributed by atoms with Crippen LogP contribution in [-0.4, -0.2) is 13.4 Å². The Morgan fingerprint density at radius 3 is 2.43 bits per heavy atom. The number of hydrogen-bond acceptors (Lipinski definition) is 3. The third-order valence-corrected chi connectivity index (χ3v) is 2.74. The average molecular weight is 246 g/mol. The molecule has 1 aromatic heterocycles. The summed E-state index contributed by atoms with van der Waals surface area (Å²) in [5.74, 6) is -1.19. The van der Waals surface area contributed by atoms with Crippen molar-refractivity contribution >= 4 is 19.7 Å². The lowest BCUT2D eigenvalue weighted by molar-refractivity contribution is 0.147. The van der Waals surface area contributed by atoms with Gasteiger partial charge in [-0.25, -0.2) is 22.2 Å². The monoisotopic (exact) mass is 245 g/mol. The highest BCUT2D eigenvalue weighted by atomic mass is 35.7. The van der Waals surface area contributed by atoms with E-state index in [-0.39, 0.29) is 0 Å². The number of halogens is 4. The smallest absolute Gasteiger partial charge is 0.228 e. The number of aromatic nitrogens is 1. The van der Waals surface area contributed by atoms with E-state index < -0.39 is 31.9 Å². The van der Waals surface area contributed by atoms with Crippen LogP contribution in [0.3, 0.4) is 0 Å². The zero-order chi connectivity index (χ0) is 10.9. The Labute approximate surface area is 81.9 Å². The number of pyridine rings is 1. The van der Waals surface area contributed by atoms with E-state index in [1.807, 2.05) is 0 Å². The lowest BCUT2D eigenvalue weighted by Crippen LogP contribution is -2.01. The fourth-order valence-corrected chi connectivity index (χ4v) is 1.86. The Bertz CT molecular complexity index is 448. The van der Waals surface area contributed by atoms with Crippen LogP contribution < -0.4 is 0 Å². The van der Waals surface area contributed by atoms with E-state index in [1.165, 1.54) is 0 Å². The molecule has 0 atom stereocenters. The van der Waals surface area contributed by atoms with E-state index in [2.05, 4.69) is 4.98 Å². The summed E-state index contributed by atoms with van der Waals surface area (Å²) in [7, 11) is 0.435. The van der Waals surface area contributed by atoms with Crippen molar-refractivity contribution in [3.63, 3.8) is 0 Å². The normalized spacial score (nSPS) is 12.1. The minimum atomic E-state index is -4.39. The quantitative estimate of drug-likeness (QED) is 0.592. The van der Waals surface area contributed by atoms with E-state index >= 15 is 0 Å². The lowest BCUT2D eigenvalue weighted by Gasteiger charge is -2.04. The van der Waals surface area contributed by atoms with Gasteiger partial charge in [0, 0.05) is 22.9 Å². The lowest BCUT2D eigenvalue weighted by atomic mass is 10.3. The zero-order valence-electron chi connectivity index (χ0n) is 6.42.